The zero-order valence-electron chi connectivity index (χ0n) is 15.8. The second-order valence-electron chi connectivity index (χ2n) is 7.34. The van der Waals surface area contributed by atoms with Crippen LogP contribution in [-0.2, 0) is 27.3 Å². The number of hydrogen-bond acceptors (Lipinski definition) is 4. The summed E-state index contributed by atoms with van der Waals surface area (Å²) in [5.41, 5.74) is 2.33. The number of carbonyl (C=O) groups excluding carboxylic acids is 3. The SMILES string of the molecule is O=C1CCc2cc(C(=O)OCC(=O)N(Cc3ccccc3F)C3CC3)ccc2N1. The zero-order chi connectivity index (χ0) is 20.4. The summed E-state index contributed by atoms with van der Waals surface area (Å²) in [4.78, 5) is 38.0. The second-order valence-corrected chi connectivity index (χ2v) is 7.34. The second kappa shape index (κ2) is 8.03. The third kappa shape index (κ3) is 4.45. The monoisotopic (exact) mass is 396 g/mol. The number of esters is 1. The molecule has 0 unspecified atom stereocenters. The summed E-state index contributed by atoms with van der Waals surface area (Å²) < 4.78 is 19.2. The third-order valence-corrected chi connectivity index (χ3v) is 5.17. The standard InChI is InChI=1S/C22H21FN2O4/c23-18-4-2-1-3-16(18)12-25(17-7-8-17)21(27)13-29-22(28)15-5-9-19-14(11-15)6-10-20(26)24-19/h1-5,9,11,17H,6-8,10,12-13H2,(H,24,26). The third-order valence-electron chi connectivity index (χ3n) is 5.17. The number of carbonyl (C=O) groups is 3. The lowest BCUT2D eigenvalue weighted by atomic mass is 10.0. The van der Waals surface area contributed by atoms with Gasteiger partial charge < -0.3 is 15.0 Å². The van der Waals surface area contributed by atoms with Crippen molar-refractivity contribution in [2.45, 2.75) is 38.3 Å². The van der Waals surface area contributed by atoms with Gasteiger partial charge in [0.05, 0.1) is 5.56 Å². The van der Waals surface area contributed by atoms with Crippen LogP contribution in [0.5, 0.6) is 0 Å². The van der Waals surface area contributed by atoms with Crippen LogP contribution in [0, 0.1) is 5.82 Å². The Hall–Kier alpha value is -3.22. The quantitative estimate of drug-likeness (QED) is 0.762. The van der Waals surface area contributed by atoms with Gasteiger partial charge in [-0.25, -0.2) is 9.18 Å². The molecule has 2 aromatic rings. The first-order valence-corrected chi connectivity index (χ1v) is 9.64. The number of nitrogens with zero attached hydrogens (tertiary/aromatic N) is 1. The first-order chi connectivity index (χ1) is 14.0. The summed E-state index contributed by atoms with van der Waals surface area (Å²) in [7, 11) is 0. The first kappa shape index (κ1) is 19.1. The Morgan fingerprint density at radius 3 is 2.69 bits per heavy atom. The molecule has 1 fully saturated rings. The molecule has 0 spiro atoms. The summed E-state index contributed by atoms with van der Waals surface area (Å²) in [6, 6.07) is 11.3. The van der Waals surface area contributed by atoms with Crippen molar-refractivity contribution in [2.75, 3.05) is 11.9 Å². The van der Waals surface area contributed by atoms with Gasteiger partial charge in [0, 0.05) is 30.3 Å². The van der Waals surface area contributed by atoms with E-state index < -0.39 is 12.6 Å². The van der Waals surface area contributed by atoms with Crippen LogP contribution in [0.15, 0.2) is 42.5 Å². The van der Waals surface area contributed by atoms with E-state index in [9.17, 15) is 18.8 Å². The van der Waals surface area contributed by atoms with E-state index in [0.717, 1.165) is 18.4 Å². The van der Waals surface area contributed by atoms with Crippen molar-refractivity contribution in [1.82, 2.24) is 4.90 Å². The maximum absolute atomic E-state index is 13.9. The van der Waals surface area contributed by atoms with Crippen molar-refractivity contribution >= 4 is 23.5 Å². The number of hydrogen-bond donors (Lipinski definition) is 1. The maximum Gasteiger partial charge on any atom is 0.338 e. The highest BCUT2D eigenvalue weighted by Gasteiger charge is 2.33. The molecule has 0 bridgehead atoms. The van der Waals surface area contributed by atoms with E-state index in [-0.39, 0.29) is 30.2 Å². The Labute approximate surface area is 167 Å². The van der Waals surface area contributed by atoms with Gasteiger partial charge in [0.15, 0.2) is 6.61 Å². The Morgan fingerprint density at radius 1 is 1.14 bits per heavy atom. The molecule has 2 aromatic carbocycles. The number of halogens is 1. The number of amides is 2. The molecule has 2 aliphatic rings. The van der Waals surface area contributed by atoms with Crippen molar-refractivity contribution in [2.24, 2.45) is 0 Å². The molecular formula is C22H21FN2O4. The van der Waals surface area contributed by atoms with Crippen LogP contribution >= 0.6 is 0 Å². The van der Waals surface area contributed by atoms with Gasteiger partial charge in [-0.3, -0.25) is 9.59 Å². The molecule has 0 saturated heterocycles. The summed E-state index contributed by atoms with van der Waals surface area (Å²) >= 11 is 0. The fourth-order valence-corrected chi connectivity index (χ4v) is 3.42. The lowest BCUT2D eigenvalue weighted by Crippen LogP contribution is -2.36. The van der Waals surface area contributed by atoms with Gasteiger partial charge >= 0.3 is 5.97 Å². The predicted molar refractivity (Wildman–Crippen MR) is 104 cm³/mol. The van der Waals surface area contributed by atoms with Gasteiger partial charge in [0.1, 0.15) is 5.82 Å². The summed E-state index contributed by atoms with van der Waals surface area (Å²) in [5.74, 6) is -1.34. The first-order valence-electron chi connectivity index (χ1n) is 9.64. The van der Waals surface area contributed by atoms with Gasteiger partial charge in [0.2, 0.25) is 5.91 Å². The van der Waals surface area contributed by atoms with E-state index in [2.05, 4.69) is 5.32 Å². The summed E-state index contributed by atoms with van der Waals surface area (Å²) in [6.45, 7) is -0.232. The van der Waals surface area contributed by atoms with Crippen molar-refractivity contribution in [3.63, 3.8) is 0 Å². The van der Waals surface area contributed by atoms with Crippen LogP contribution in [0.1, 0.15) is 40.7 Å². The van der Waals surface area contributed by atoms with Crippen LogP contribution < -0.4 is 5.32 Å². The average molecular weight is 396 g/mol. The number of anilines is 1. The minimum atomic E-state index is -0.598. The minimum absolute atomic E-state index is 0.0477. The van der Waals surface area contributed by atoms with Crippen LogP contribution in [0.3, 0.4) is 0 Å². The maximum atomic E-state index is 13.9. The van der Waals surface area contributed by atoms with Crippen LogP contribution in [-0.4, -0.2) is 35.3 Å². The summed E-state index contributed by atoms with van der Waals surface area (Å²) in [5, 5.41) is 2.76. The van der Waals surface area contributed by atoms with Crippen LogP contribution in [0.2, 0.25) is 0 Å². The molecule has 1 N–H and O–H groups in total. The van der Waals surface area contributed by atoms with Crippen LogP contribution in [0.4, 0.5) is 10.1 Å². The van der Waals surface area contributed by atoms with E-state index in [1.807, 2.05) is 0 Å². The number of ether oxygens (including phenoxy) is 1. The predicted octanol–water partition coefficient (Wildman–Crippen LogP) is 3.06. The molecule has 2 amide bonds. The molecule has 0 radical (unpaired) electrons. The molecule has 1 heterocycles. The van der Waals surface area contributed by atoms with Gasteiger partial charge in [-0.15, -0.1) is 0 Å². The highest BCUT2D eigenvalue weighted by molar-refractivity contribution is 5.96. The number of fused-ring (bicyclic) bond motifs is 1. The molecule has 0 atom stereocenters. The fourth-order valence-electron chi connectivity index (χ4n) is 3.42. The zero-order valence-corrected chi connectivity index (χ0v) is 15.8. The Morgan fingerprint density at radius 2 is 1.93 bits per heavy atom. The van der Waals surface area contributed by atoms with Gasteiger partial charge in [-0.1, -0.05) is 18.2 Å². The molecule has 4 rings (SSSR count). The van der Waals surface area contributed by atoms with E-state index in [0.29, 0.717) is 29.7 Å². The molecule has 0 aromatic heterocycles. The van der Waals surface area contributed by atoms with E-state index in [1.54, 1.807) is 41.3 Å². The number of rotatable bonds is 6. The number of nitrogens with one attached hydrogen (secondary N) is 1. The van der Waals surface area contributed by atoms with Gasteiger partial charge in [0.25, 0.3) is 5.91 Å². The minimum Gasteiger partial charge on any atom is -0.452 e. The highest BCUT2D eigenvalue weighted by Crippen LogP contribution is 2.29. The van der Waals surface area contributed by atoms with E-state index in [1.165, 1.54) is 6.07 Å². The van der Waals surface area contributed by atoms with E-state index in [4.69, 9.17) is 4.74 Å². The van der Waals surface area contributed by atoms with Crippen molar-refractivity contribution in [3.05, 3.63) is 65.0 Å². The van der Waals surface area contributed by atoms with E-state index >= 15 is 0 Å². The molecule has 150 valence electrons. The molecule has 7 heteroatoms. The molecular weight excluding hydrogens is 375 g/mol. The molecule has 6 nitrogen and oxygen atoms in total. The summed E-state index contributed by atoms with van der Waals surface area (Å²) in [6.07, 6.45) is 2.66. The van der Waals surface area contributed by atoms with Crippen LogP contribution in [0.25, 0.3) is 0 Å². The van der Waals surface area contributed by atoms with Gasteiger partial charge in [-0.2, -0.15) is 0 Å². The highest BCUT2D eigenvalue weighted by atomic mass is 19.1. The topological polar surface area (TPSA) is 75.7 Å². The van der Waals surface area contributed by atoms with Crippen molar-refractivity contribution in [1.29, 1.82) is 0 Å². The molecule has 1 saturated carbocycles. The molecule has 29 heavy (non-hydrogen) atoms. The smallest absolute Gasteiger partial charge is 0.338 e. The largest absolute Gasteiger partial charge is 0.452 e. The Kier molecular flexibility index (Phi) is 5.29. The fraction of sp³-hybridized carbons (Fsp3) is 0.318. The average Bonchev–Trinajstić information content (AvgIpc) is 3.56. The Balaban J connectivity index is 1.38. The lowest BCUT2D eigenvalue weighted by Gasteiger charge is -2.23. The van der Waals surface area contributed by atoms with Crippen molar-refractivity contribution < 1.29 is 23.5 Å². The number of benzene rings is 2. The lowest BCUT2D eigenvalue weighted by molar-refractivity contribution is -0.135. The van der Waals surface area contributed by atoms with Crippen molar-refractivity contribution in [3.8, 4) is 0 Å². The molecule has 1 aliphatic heterocycles. The normalized spacial score (nSPS) is 15.3. The van der Waals surface area contributed by atoms with Gasteiger partial charge in [-0.05, 0) is 49.1 Å². The Bertz CT molecular complexity index is 971. The molecule has 1 aliphatic carbocycles. The number of aryl methyl sites for hydroxylation is 1.